The Hall–Kier alpha value is -2.89. The van der Waals surface area contributed by atoms with Crippen molar-refractivity contribution in [3.05, 3.63) is 59.9 Å². The van der Waals surface area contributed by atoms with Crippen LogP contribution in [-0.4, -0.2) is 22.1 Å². The molecule has 0 unspecified atom stereocenters. The Bertz CT molecular complexity index is 614. The monoisotopic (exact) mass is 271 g/mol. The number of hydrogen-bond donors (Lipinski definition) is 3. The fraction of sp³-hybridized carbons (Fsp3) is 0.0714. The molecule has 6 nitrogen and oxygen atoms in total. The van der Waals surface area contributed by atoms with Crippen LogP contribution in [0.3, 0.4) is 0 Å². The van der Waals surface area contributed by atoms with Gasteiger partial charge in [0.2, 0.25) is 0 Å². The molecule has 0 aliphatic heterocycles. The highest BCUT2D eigenvalue weighted by molar-refractivity contribution is 5.89. The lowest BCUT2D eigenvalue weighted by Gasteiger charge is -2.07. The maximum atomic E-state index is 11.6. The molecule has 0 spiro atoms. The van der Waals surface area contributed by atoms with Crippen LogP contribution in [0.4, 0.5) is 10.5 Å². The lowest BCUT2D eigenvalue weighted by Crippen LogP contribution is -2.28. The number of pyridine rings is 1. The van der Waals surface area contributed by atoms with Crippen molar-refractivity contribution < 1.29 is 14.7 Å². The topological polar surface area (TPSA) is 91.3 Å². The molecule has 2 rings (SSSR count). The average molecular weight is 271 g/mol. The third-order valence-electron chi connectivity index (χ3n) is 2.53. The van der Waals surface area contributed by atoms with E-state index in [4.69, 9.17) is 5.11 Å². The first kappa shape index (κ1) is 13.5. The zero-order chi connectivity index (χ0) is 14.4. The maximum Gasteiger partial charge on any atom is 0.335 e. The summed E-state index contributed by atoms with van der Waals surface area (Å²) in [6.07, 6.45) is 1.40. The van der Waals surface area contributed by atoms with Crippen LogP contribution in [-0.2, 0) is 6.54 Å². The van der Waals surface area contributed by atoms with Crippen LogP contribution >= 0.6 is 0 Å². The molecule has 2 amide bonds. The van der Waals surface area contributed by atoms with Gasteiger partial charge in [-0.05, 0) is 24.3 Å². The van der Waals surface area contributed by atoms with Crippen LogP contribution < -0.4 is 10.6 Å². The number of aromatic nitrogens is 1. The summed E-state index contributed by atoms with van der Waals surface area (Å²) in [6.45, 7) is 0.153. The highest BCUT2D eigenvalue weighted by Crippen LogP contribution is 2.05. The van der Waals surface area contributed by atoms with Crippen molar-refractivity contribution in [1.82, 2.24) is 10.3 Å². The van der Waals surface area contributed by atoms with Gasteiger partial charge in [-0.2, -0.15) is 0 Å². The number of benzene rings is 1. The van der Waals surface area contributed by atoms with E-state index in [9.17, 15) is 9.59 Å². The van der Waals surface area contributed by atoms with Crippen molar-refractivity contribution in [3.8, 4) is 0 Å². The summed E-state index contributed by atoms with van der Waals surface area (Å²) < 4.78 is 0. The average Bonchev–Trinajstić information content (AvgIpc) is 2.46. The number of amides is 2. The third-order valence-corrected chi connectivity index (χ3v) is 2.53. The summed E-state index contributed by atoms with van der Waals surface area (Å²) in [5.74, 6) is -1.03. The summed E-state index contributed by atoms with van der Waals surface area (Å²) >= 11 is 0. The maximum absolute atomic E-state index is 11.6. The van der Waals surface area contributed by atoms with Gasteiger partial charge in [0.05, 0.1) is 17.8 Å². The number of nitrogens with zero attached hydrogens (tertiary/aromatic N) is 1. The number of carboxylic acids is 1. The number of aromatic carboxylic acids is 1. The predicted octanol–water partition coefficient (Wildman–Crippen LogP) is 2.10. The second-order valence-electron chi connectivity index (χ2n) is 4.01. The molecule has 6 heteroatoms. The molecule has 0 aliphatic rings. The van der Waals surface area contributed by atoms with E-state index in [0.29, 0.717) is 11.4 Å². The molecule has 1 aromatic carbocycles. The minimum atomic E-state index is -1.03. The molecular formula is C14H13N3O3. The zero-order valence-electron chi connectivity index (χ0n) is 10.5. The molecule has 0 saturated heterocycles. The molecule has 2 aromatic rings. The Kier molecular flexibility index (Phi) is 4.28. The van der Waals surface area contributed by atoms with Crippen molar-refractivity contribution in [2.75, 3.05) is 5.32 Å². The number of carbonyl (C=O) groups excluding carboxylic acids is 1. The Morgan fingerprint density at radius 2 is 1.90 bits per heavy atom. The smallest absolute Gasteiger partial charge is 0.335 e. The normalized spacial score (nSPS) is 9.80. The minimum Gasteiger partial charge on any atom is -0.478 e. The van der Waals surface area contributed by atoms with E-state index in [1.165, 1.54) is 18.3 Å². The molecule has 0 aliphatic carbocycles. The van der Waals surface area contributed by atoms with Gasteiger partial charge < -0.3 is 15.7 Å². The highest BCUT2D eigenvalue weighted by Gasteiger charge is 2.06. The molecule has 0 saturated carbocycles. The van der Waals surface area contributed by atoms with Crippen LogP contribution in [0.15, 0.2) is 48.7 Å². The second kappa shape index (κ2) is 6.33. The number of anilines is 1. The van der Waals surface area contributed by atoms with Crippen LogP contribution in [0.2, 0.25) is 0 Å². The van der Waals surface area contributed by atoms with Gasteiger partial charge >= 0.3 is 12.0 Å². The van der Waals surface area contributed by atoms with Crippen molar-refractivity contribution in [3.63, 3.8) is 0 Å². The van der Waals surface area contributed by atoms with Gasteiger partial charge in [-0.25, -0.2) is 9.59 Å². The van der Waals surface area contributed by atoms with Crippen molar-refractivity contribution in [2.24, 2.45) is 0 Å². The SMILES string of the molecule is O=C(NCc1cc(C(=O)O)ccn1)Nc1ccccc1. The Balaban J connectivity index is 1.90. The molecule has 0 atom stereocenters. The minimum absolute atomic E-state index is 0.139. The fourth-order valence-electron chi connectivity index (χ4n) is 1.58. The fourth-order valence-corrected chi connectivity index (χ4v) is 1.58. The molecule has 20 heavy (non-hydrogen) atoms. The molecule has 3 N–H and O–H groups in total. The summed E-state index contributed by atoms with van der Waals surface area (Å²) in [4.78, 5) is 26.4. The summed E-state index contributed by atoms with van der Waals surface area (Å²) in [7, 11) is 0. The second-order valence-corrected chi connectivity index (χ2v) is 4.01. The number of hydrogen-bond acceptors (Lipinski definition) is 3. The standard InChI is InChI=1S/C14H13N3O3/c18-13(19)10-6-7-15-12(8-10)9-16-14(20)17-11-4-2-1-3-5-11/h1-8H,9H2,(H,18,19)(H2,16,17,20). The lowest BCUT2D eigenvalue weighted by atomic mass is 10.2. The van der Waals surface area contributed by atoms with Crippen molar-refractivity contribution in [1.29, 1.82) is 0 Å². The highest BCUT2D eigenvalue weighted by atomic mass is 16.4. The van der Waals surface area contributed by atoms with E-state index < -0.39 is 5.97 Å². The molecule has 1 aromatic heterocycles. The zero-order valence-corrected chi connectivity index (χ0v) is 10.5. The molecule has 0 bridgehead atoms. The summed E-state index contributed by atoms with van der Waals surface area (Å²) in [5, 5.41) is 14.1. The number of carboxylic acid groups (broad SMARTS) is 1. The Labute approximate surface area is 115 Å². The molecule has 1 heterocycles. The van der Waals surface area contributed by atoms with Gasteiger partial charge in [0.25, 0.3) is 0 Å². The van der Waals surface area contributed by atoms with Gasteiger partial charge in [-0.15, -0.1) is 0 Å². The summed E-state index contributed by atoms with van der Waals surface area (Å²) in [6, 6.07) is 11.5. The van der Waals surface area contributed by atoms with E-state index in [-0.39, 0.29) is 18.1 Å². The van der Waals surface area contributed by atoms with Gasteiger partial charge in [0, 0.05) is 11.9 Å². The summed E-state index contributed by atoms with van der Waals surface area (Å²) in [5.41, 5.74) is 1.30. The van der Waals surface area contributed by atoms with Crippen LogP contribution in [0, 0.1) is 0 Å². The van der Waals surface area contributed by atoms with Crippen LogP contribution in [0.1, 0.15) is 16.1 Å². The van der Waals surface area contributed by atoms with E-state index in [1.807, 2.05) is 18.2 Å². The third kappa shape index (κ3) is 3.81. The van der Waals surface area contributed by atoms with Crippen LogP contribution in [0.5, 0.6) is 0 Å². The van der Waals surface area contributed by atoms with Gasteiger partial charge in [-0.3, -0.25) is 4.98 Å². The first-order valence-corrected chi connectivity index (χ1v) is 5.93. The Morgan fingerprint density at radius 1 is 1.15 bits per heavy atom. The predicted molar refractivity (Wildman–Crippen MR) is 73.5 cm³/mol. The van der Waals surface area contributed by atoms with Gasteiger partial charge in [0.1, 0.15) is 0 Å². The largest absolute Gasteiger partial charge is 0.478 e. The number of carbonyl (C=O) groups is 2. The van der Waals surface area contributed by atoms with Gasteiger partial charge in [0.15, 0.2) is 0 Å². The van der Waals surface area contributed by atoms with E-state index in [0.717, 1.165) is 0 Å². The van der Waals surface area contributed by atoms with Crippen molar-refractivity contribution >= 4 is 17.7 Å². The van der Waals surface area contributed by atoms with E-state index >= 15 is 0 Å². The first-order chi connectivity index (χ1) is 9.65. The number of rotatable bonds is 4. The number of urea groups is 1. The van der Waals surface area contributed by atoms with Gasteiger partial charge in [-0.1, -0.05) is 18.2 Å². The van der Waals surface area contributed by atoms with Crippen molar-refractivity contribution in [2.45, 2.75) is 6.54 Å². The van der Waals surface area contributed by atoms with E-state index in [2.05, 4.69) is 15.6 Å². The molecule has 0 fully saturated rings. The van der Waals surface area contributed by atoms with Crippen LogP contribution in [0.25, 0.3) is 0 Å². The molecular weight excluding hydrogens is 258 g/mol. The Morgan fingerprint density at radius 3 is 2.60 bits per heavy atom. The number of nitrogens with one attached hydrogen (secondary N) is 2. The number of para-hydroxylation sites is 1. The molecule has 0 radical (unpaired) electrons. The first-order valence-electron chi connectivity index (χ1n) is 5.93. The lowest BCUT2D eigenvalue weighted by molar-refractivity contribution is 0.0696. The quantitative estimate of drug-likeness (QED) is 0.794. The molecule has 102 valence electrons. The van der Waals surface area contributed by atoms with E-state index in [1.54, 1.807) is 12.1 Å².